The van der Waals surface area contributed by atoms with E-state index < -0.39 is 23.8 Å². The highest BCUT2D eigenvalue weighted by Gasteiger charge is 2.44. The Bertz CT molecular complexity index is 821. The van der Waals surface area contributed by atoms with Crippen molar-refractivity contribution in [1.29, 1.82) is 0 Å². The van der Waals surface area contributed by atoms with Gasteiger partial charge in [0.1, 0.15) is 6.04 Å². The van der Waals surface area contributed by atoms with Crippen LogP contribution in [0.1, 0.15) is 45.5 Å². The van der Waals surface area contributed by atoms with Gasteiger partial charge in [-0.05, 0) is 30.5 Å². The molecule has 0 bridgehead atoms. The molecule has 1 unspecified atom stereocenters. The first kappa shape index (κ1) is 16.9. The minimum absolute atomic E-state index is 0.115. The third-order valence-corrected chi connectivity index (χ3v) is 5.22. The highest BCUT2D eigenvalue weighted by molar-refractivity contribution is 6.23. The number of hydrogen-bond acceptors (Lipinski definition) is 6. The Morgan fingerprint density at radius 3 is 2.54 bits per heavy atom. The van der Waals surface area contributed by atoms with Crippen LogP contribution in [0.25, 0.3) is 0 Å². The number of hydrogen-bond donors (Lipinski definition) is 2. The van der Waals surface area contributed by atoms with Crippen molar-refractivity contribution < 1.29 is 19.2 Å². The molecule has 3 heterocycles. The molecule has 0 radical (unpaired) electrons. The number of imide groups is 2. The molecule has 26 heavy (non-hydrogen) atoms. The van der Waals surface area contributed by atoms with Crippen molar-refractivity contribution in [2.24, 2.45) is 5.73 Å². The summed E-state index contributed by atoms with van der Waals surface area (Å²) in [4.78, 5) is 52.0. The van der Waals surface area contributed by atoms with E-state index in [1.165, 1.54) is 0 Å². The summed E-state index contributed by atoms with van der Waals surface area (Å²) >= 11 is 0. The van der Waals surface area contributed by atoms with Gasteiger partial charge in [-0.25, -0.2) is 0 Å². The molecule has 8 heteroatoms. The molecule has 1 aromatic rings. The predicted octanol–water partition coefficient (Wildman–Crippen LogP) is -0.379. The second-order valence-corrected chi connectivity index (χ2v) is 7.11. The number of rotatable bonds is 3. The molecular weight excluding hydrogens is 336 g/mol. The van der Waals surface area contributed by atoms with Crippen LogP contribution in [-0.2, 0) is 16.1 Å². The van der Waals surface area contributed by atoms with Crippen molar-refractivity contribution in [3.05, 3.63) is 34.9 Å². The summed E-state index contributed by atoms with van der Waals surface area (Å²) in [6.45, 7) is 2.39. The van der Waals surface area contributed by atoms with E-state index in [1.54, 1.807) is 12.1 Å². The van der Waals surface area contributed by atoms with Crippen LogP contribution >= 0.6 is 0 Å². The average molecular weight is 356 g/mol. The van der Waals surface area contributed by atoms with E-state index >= 15 is 0 Å². The molecule has 2 atom stereocenters. The zero-order chi connectivity index (χ0) is 18.4. The van der Waals surface area contributed by atoms with Gasteiger partial charge in [0, 0.05) is 32.1 Å². The number of nitrogens with two attached hydrogens (primary N) is 1. The van der Waals surface area contributed by atoms with E-state index in [-0.39, 0.29) is 24.8 Å². The van der Waals surface area contributed by atoms with Gasteiger partial charge in [0.05, 0.1) is 11.1 Å². The summed E-state index contributed by atoms with van der Waals surface area (Å²) in [6.07, 6.45) is 1.23. The Kier molecular flexibility index (Phi) is 4.08. The van der Waals surface area contributed by atoms with E-state index in [0.717, 1.165) is 30.0 Å². The molecule has 136 valence electrons. The van der Waals surface area contributed by atoms with Crippen LogP contribution in [-0.4, -0.2) is 58.6 Å². The Morgan fingerprint density at radius 1 is 1.08 bits per heavy atom. The average Bonchev–Trinajstić information content (AvgIpc) is 3.10. The summed E-state index contributed by atoms with van der Waals surface area (Å²) < 4.78 is 0. The van der Waals surface area contributed by atoms with Crippen LogP contribution in [0, 0.1) is 0 Å². The smallest absolute Gasteiger partial charge is 0.262 e. The molecule has 0 aliphatic carbocycles. The molecule has 2 saturated heterocycles. The van der Waals surface area contributed by atoms with Crippen LogP contribution in [0.2, 0.25) is 0 Å². The largest absolute Gasteiger partial charge is 0.326 e. The highest BCUT2D eigenvalue weighted by Crippen LogP contribution is 2.28. The topological polar surface area (TPSA) is 113 Å². The quantitative estimate of drug-likeness (QED) is 0.714. The first-order valence-electron chi connectivity index (χ1n) is 8.76. The number of piperidine rings is 1. The summed E-state index contributed by atoms with van der Waals surface area (Å²) in [5.74, 6) is -1.93. The summed E-state index contributed by atoms with van der Waals surface area (Å²) in [7, 11) is 0. The lowest BCUT2D eigenvalue weighted by molar-refractivity contribution is -0.136. The van der Waals surface area contributed by atoms with Crippen LogP contribution < -0.4 is 11.1 Å². The van der Waals surface area contributed by atoms with Crippen molar-refractivity contribution in [3.8, 4) is 0 Å². The molecule has 0 aromatic heterocycles. The molecule has 3 aliphatic heterocycles. The van der Waals surface area contributed by atoms with Gasteiger partial charge in [-0.3, -0.25) is 34.3 Å². The molecule has 0 saturated carbocycles. The number of nitrogens with one attached hydrogen (secondary N) is 1. The lowest BCUT2D eigenvalue weighted by atomic mass is 10.0. The number of likely N-dealkylation sites (tertiary alicyclic amines) is 1. The van der Waals surface area contributed by atoms with E-state index in [0.29, 0.717) is 17.7 Å². The number of benzene rings is 1. The minimum atomic E-state index is -0.930. The van der Waals surface area contributed by atoms with Crippen LogP contribution in [0.5, 0.6) is 0 Å². The van der Waals surface area contributed by atoms with Gasteiger partial charge in [-0.15, -0.1) is 0 Å². The Balaban J connectivity index is 1.56. The van der Waals surface area contributed by atoms with Gasteiger partial charge in [0.2, 0.25) is 11.8 Å². The van der Waals surface area contributed by atoms with Gasteiger partial charge in [-0.2, -0.15) is 0 Å². The number of carbonyl (C=O) groups excluding carboxylic acids is 4. The zero-order valence-corrected chi connectivity index (χ0v) is 14.2. The Hall–Kier alpha value is -2.58. The number of carbonyl (C=O) groups is 4. The fraction of sp³-hybridized carbons (Fsp3) is 0.444. The predicted molar refractivity (Wildman–Crippen MR) is 91.0 cm³/mol. The minimum Gasteiger partial charge on any atom is -0.326 e. The van der Waals surface area contributed by atoms with Gasteiger partial charge in [-0.1, -0.05) is 6.07 Å². The van der Waals surface area contributed by atoms with Crippen LogP contribution in [0.4, 0.5) is 0 Å². The number of amides is 4. The molecule has 3 aliphatic rings. The van der Waals surface area contributed by atoms with E-state index in [1.807, 2.05) is 6.07 Å². The summed E-state index contributed by atoms with van der Waals surface area (Å²) in [5, 5.41) is 2.20. The highest BCUT2D eigenvalue weighted by atomic mass is 16.2. The molecular formula is C18H20N4O4. The molecule has 8 nitrogen and oxygen atoms in total. The molecule has 2 fully saturated rings. The van der Waals surface area contributed by atoms with E-state index in [9.17, 15) is 19.2 Å². The van der Waals surface area contributed by atoms with Crippen molar-refractivity contribution in [2.75, 3.05) is 13.1 Å². The summed E-state index contributed by atoms with van der Waals surface area (Å²) in [5.41, 5.74) is 7.49. The maximum absolute atomic E-state index is 12.8. The molecule has 4 amide bonds. The van der Waals surface area contributed by atoms with Crippen molar-refractivity contribution in [1.82, 2.24) is 15.1 Å². The van der Waals surface area contributed by atoms with Crippen molar-refractivity contribution in [2.45, 2.75) is 37.9 Å². The molecule has 0 spiro atoms. The first-order chi connectivity index (χ1) is 12.4. The van der Waals surface area contributed by atoms with Crippen LogP contribution in [0.3, 0.4) is 0 Å². The fourth-order valence-corrected chi connectivity index (χ4v) is 3.88. The maximum atomic E-state index is 12.8. The lowest BCUT2D eigenvalue weighted by Gasteiger charge is -2.27. The second-order valence-electron chi connectivity index (χ2n) is 7.11. The van der Waals surface area contributed by atoms with Gasteiger partial charge in [0.25, 0.3) is 11.8 Å². The monoisotopic (exact) mass is 356 g/mol. The van der Waals surface area contributed by atoms with E-state index in [4.69, 9.17) is 5.73 Å². The SMILES string of the molecule is N[C@@H]1CCN(Cc2ccc3c(c2)C(=O)N(C2CCC(=O)NC2=O)C3=O)C1. The van der Waals surface area contributed by atoms with E-state index in [2.05, 4.69) is 10.2 Å². The number of fused-ring (bicyclic) bond motifs is 1. The Morgan fingerprint density at radius 2 is 1.85 bits per heavy atom. The van der Waals surface area contributed by atoms with Crippen molar-refractivity contribution >= 4 is 23.6 Å². The first-order valence-corrected chi connectivity index (χ1v) is 8.76. The van der Waals surface area contributed by atoms with Crippen LogP contribution in [0.15, 0.2) is 18.2 Å². The van der Waals surface area contributed by atoms with Gasteiger partial charge < -0.3 is 5.73 Å². The van der Waals surface area contributed by atoms with Gasteiger partial charge in [0.15, 0.2) is 0 Å². The van der Waals surface area contributed by atoms with Crippen molar-refractivity contribution in [3.63, 3.8) is 0 Å². The normalized spacial score (nSPS) is 26.4. The molecule has 1 aromatic carbocycles. The lowest BCUT2D eigenvalue weighted by Crippen LogP contribution is -2.54. The number of nitrogens with zero attached hydrogens (tertiary/aromatic N) is 2. The Labute approximate surface area is 150 Å². The maximum Gasteiger partial charge on any atom is 0.262 e. The standard InChI is InChI=1S/C18H20N4O4/c19-11-5-6-21(9-11)8-10-1-2-12-13(7-10)18(26)22(17(12)25)14-3-4-15(23)20-16(14)24/h1-2,7,11,14H,3-6,8-9,19H2,(H,20,23,24)/t11-,14?/m1/s1. The fourth-order valence-electron chi connectivity index (χ4n) is 3.88. The molecule has 4 rings (SSSR count). The second kappa shape index (κ2) is 6.30. The zero-order valence-electron chi connectivity index (χ0n) is 14.2. The molecule has 3 N–H and O–H groups in total. The van der Waals surface area contributed by atoms with Gasteiger partial charge >= 0.3 is 0 Å². The third-order valence-electron chi connectivity index (χ3n) is 5.22. The summed E-state index contributed by atoms with van der Waals surface area (Å²) in [6, 6.07) is 4.45. The third kappa shape index (κ3) is 2.81.